The van der Waals surface area contributed by atoms with Gasteiger partial charge in [0.15, 0.2) is 0 Å². The summed E-state index contributed by atoms with van der Waals surface area (Å²) in [5.74, 6) is -0.971. The summed E-state index contributed by atoms with van der Waals surface area (Å²) in [5.41, 5.74) is -1.46. The number of halogens is 1. The van der Waals surface area contributed by atoms with Crippen molar-refractivity contribution in [1.29, 1.82) is 0 Å². The summed E-state index contributed by atoms with van der Waals surface area (Å²) in [6.45, 7) is 0.404. The van der Waals surface area contributed by atoms with Crippen LogP contribution in [0.4, 0.5) is 4.39 Å². The fourth-order valence-corrected chi connectivity index (χ4v) is 4.04. The molecule has 1 saturated carbocycles. The standard InChI is InChI=1S/C17H18FNO4/c18-17(15(21)22)5-7-19(10-17)14(20)12-9-16(12)6-8-23-13-4-2-1-3-11(13)16/h1-4,12H,5-10H2,(H,21,22)/t12-,16-,17?/m0/s1. The van der Waals surface area contributed by atoms with E-state index in [1.807, 2.05) is 24.3 Å². The first-order valence-electron chi connectivity index (χ1n) is 7.90. The van der Waals surface area contributed by atoms with Gasteiger partial charge in [-0.2, -0.15) is 0 Å². The molecule has 1 saturated heterocycles. The minimum Gasteiger partial charge on any atom is -0.493 e. The van der Waals surface area contributed by atoms with Crippen molar-refractivity contribution in [2.24, 2.45) is 5.92 Å². The second kappa shape index (κ2) is 4.69. The van der Waals surface area contributed by atoms with Gasteiger partial charge in [-0.25, -0.2) is 9.18 Å². The molecule has 4 rings (SSSR count). The number of rotatable bonds is 2. The van der Waals surface area contributed by atoms with E-state index in [2.05, 4.69) is 0 Å². The van der Waals surface area contributed by atoms with Gasteiger partial charge in [-0.05, 0) is 18.9 Å². The summed E-state index contributed by atoms with van der Waals surface area (Å²) >= 11 is 0. The number of carboxylic acid groups (broad SMARTS) is 1. The average Bonchev–Trinajstić information content (AvgIpc) is 3.10. The fourth-order valence-electron chi connectivity index (χ4n) is 4.04. The van der Waals surface area contributed by atoms with Crippen LogP contribution in [0, 0.1) is 5.92 Å². The summed E-state index contributed by atoms with van der Waals surface area (Å²) in [6, 6.07) is 7.73. The van der Waals surface area contributed by atoms with E-state index in [9.17, 15) is 14.0 Å². The summed E-state index contributed by atoms with van der Waals surface area (Å²) in [4.78, 5) is 25.1. The zero-order valence-electron chi connectivity index (χ0n) is 12.6. The van der Waals surface area contributed by atoms with Gasteiger partial charge in [0.25, 0.3) is 0 Å². The molecule has 0 aromatic heterocycles. The van der Waals surface area contributed by atoms with E-state index in [0.717, 1.165) is 24.2 Å². The van der Waals surface area contributed by atoms with Gasteiger partial charge in [-0.15, -0.1) is 0 Å². The molecule has 2 heterocycles. The summed E-state index contributed by atoms with van der Waals surface area (Å²) < 4.78 is 19.8. The number of hydrogen-bond donors (Lipinski definition) is 1. The van der Waals surface area contributed by atoms with Crippen LogP contribution in [0.2, 0.25) is 0 Å². The lowest BCUT2D eigenvalue weighted by molar-refractivity contribution is -0.150. The minimum atomic E-state index is -2.30. The molecule has 1 spiro atoms. The molecule has 122 valence electrons. The molecule has 5 nitrogen and oxygen atoms in total. The Morgan fingerprint density at radius 1 is 1.30 bits per heavy atom. The van der Waals surface area contributed by atoms with Gasteiger partial charge >= 0.3 is 5.97 Å². The molecule has 1 N–H and O–H groups in total. The maximum absolute atomic E-state index is 14.2. The largest absolute Gasteiger partial charge is 0.493 e. The highest BCUT2D eigenvalue weighted by molar-refractivity contribution is 5.87. The zero-order chi connectivity index (χ0) is 16.2. The Morgan fingerprint density at radius 3 is 2.83 bits per heavy atom. The van der Waals surface area contributed by atoms with Gasteiger partial charge < -0.3 is 14.7 Å². The number of para-hydroxylation sites is 1. The van der Waals surface area contributed by atoms with Gasteiger partial charge in [0, 0.05) is 29.9 Å². The van der Waals surface area contributed by atoms with Crippen LogP contribution in [-0.2, 0) is 15.0 Å². The van der Waals surface area contributed by atoms with Crippen molar-refractivity contribution >= 4 is 11.9 Å². The SMILES string of the molecule is O=C([C@@H]1C[C@]12CCOc1ccccc12)N1CCC(F)(C(=O)O)C1. The monoisotopic (exact) mass is 319 g/mol. The van der Waals surface area contributed by atoms with E-state index >= 15 is 0 Å². The molecule has 0 radical (unpaired) electrons. The highest BCUT2D eigenvalue weighted by Crippen LogP contribution is 2.61. The molecule has 0 bridgehead atoms. The van der Waals surface area contributed by atoms with Crippen molar-refractivity contribution in [3.05, 3.63) is 29.8 Å². The Hall–Kier alpha value is -2.11. The Balaban J connectivity index is 1.54. The van der Waals surface area contributed by atoms with Crippen LogP contribution in [0.25, 0.3) is 0 Å². The molecular weight excluding hydrogens is 301 g/mol. The Kier molecular flexibility index (Phi) is 2.95. The predicted octanol–water partition coefficient (Wildman–Crippen LogP) is 1.75. The van der Waals surface area contributed by atoms with Gasteiger partial charge in [0.2, 0.25) is 11.6 Å². The number of alkyl halides is 1. The van der Waals surface area contributed by atoms with Crippen molar-refractivity contribution in [3.63, 3.8) is 0 Å². The molecule has 1 aromatic carbocycles. The number of hydrogen-bond acceptors (Lipinski definition) is 3. The topological polar surface area (TPSA) is 66.8 Å². The smallest absolute Gasteiger partial charge is 0.343 e. The second-order valence-corrected chi connectivity index (χ2v) is 6.79. The van der Waals surface area contributed by atoms with Gasteiger partial charge in [-0.3, -0.25) is 4.79 Å². The van der Waals surface area contributed by atoms with E-state index < -0.39 is 11.6 Å². The first-order chi connectivity index (χ1) is 11.0. The highest BCUT2D eigenvalue weighted by atomic mass is 19.1. The van der Waals surface area contributed by atoms with Gasteiger partial charge in [0.1, 0.15) is 5.75 Å². The van der Waals surface area contributed by atoms with Crippen molar-refractivity contribution in [2.45, 2.75) is 30.3 Å². The number of benzene rings is 1. The number of ether oxygens (including phenoxy) is 1. The molecule has 1 unspecified atom stereocenters. The zero-order valence-corrected chi connectivity index (χ0v) is 12.6. The average molecular weight is 319 g/mol. The van der Waals surface area contributed by atoms with E-state index in [1.54, 1.807) is 0 Å². The molecular formula is C17H18FNO4. The van der Waals surface area contributed by atoms with Crippen LogP contribution in [0.1, 0.15) is 24.8 Å². The first kappa shape index (κ1) is 14.5. The molecule has 3 aliphatic rings. The third-order valence-corrected chi connectivity index (χ3v) is 5.52. The molecule has 2 aliphatic heterocycles. The van der Waals surface area contributed by atoms with Crippen LogP contribution < -0.4 is 4.74 Å². The molecule has 6 heteroatoms. The quantitative estimate of drug-likeness (QED) is 0.902. The van der Waals surface area contributed by atoms with Crippen LogP contribution in [0.3, 0.4) is 0 Å². The number of fused-ring (bicyclic) bond motifs is 2. The lowest BCUT2D eigenvalue weighted by Crippen LogP contribution is -2.40. The summed E-state index contributed by atoms with van der Waals surface area (Å²) in [6.07, 6.45) is 1.37. The maximum atomic E-state index is 14.2. The molecule has 1 aliphatic carbocycles. The van der Waals surface area contributed by atoms with Gasteiger partial charge in [-0.1, -0.05) is 18.2 Å². The molecule has 1 aromatic rings. The minimum absolute atomic E-state index is 0.123. The number of likely N-dealkylation sites (tertiary alicyclic amines) is 1. The first-order valence-corrected chi connectivity index (χ1v) is 7.90. The normalized spacial score (nSPS) is 34.8. The van der Waals surface area contributed by atoms with Crippen molar-refractivity contribution < 1.29 is 23.8 Å². The van der Waals surface area contributed by atoms with Crippen molar-refractivity contribution in [1.82, 2.24) is 4.90 Å². The number of carbonyl (C=O) groups excluding carboxylic acids is 1. The number of carbonyl (C=O) groups is 2. The molecule has 2 fully saturated rings. The lowest BCUT2D eigenvalue weighted by atomic mass is 9.87. The number of nitrogens with zero attached hydrogens (tertiary/aromatic N) is 1. The Labute approximate surface area is 133 Å². The Morgan fingerprint density at radius 2 is 2.09 bits per heavy atom. The summed E-state index contributed by atoms with van der Waals surface area (Å²) in [7, 11) is 0. The third kappa shape index (κ3) is 2.04. The van der Waals surface area contributed by atoms with Crippen LogP contribution >= 0.6 is 0 Å². The molecule has 3 atom stereocenters. The highest BCUT2D eigenvalue weighted by Gasteiger charge is 2.63. The molecule has 23 heavy (non-hydrogen) atoms. The van der Waals surface area contributed by atoms with Crippen molar-refractivity contribution in [3.8, 4) is 5.75 Å². The molecule has 1 amide bonds. The second-order valence-electron chi connectivity index (χ2n) is 6.79. The lowest BCUT2D eigenvalue weighted by Gasteiger charge is -2.27. The van der Waals surface area contributed by atoms with Crippen LogP contribution in [-0.4, -0.2) is 47.2 Å². The Bertz CT molecular complexity index is 693. The maximum Gasteiger partial charge on any atom is 0.343 e. The summed E-state index contributed by atoms with van der Waals surface area (Å²) in [5, 5.41) is 8.97. The van der Waals surface area contributed by atoms with E-state index in [4.69, 9.17) is 9.84 Å². The van der Waals surface area contributed by atoms with Crippen LogP contribution in [0.5, 0.6) is 5.75 Å². The number of aliphatic carboxylic acids is 1. The van der Waals surface area contributed by atoms with E-state index in [-0.39, 0.29) is 36.8 Å². The number of carboxylic acids is 1. The van der Waals surface area contributed by atoms with E-state index in [1.165, 1.54) is 4.90 Å². The number of amides is 1. The van der Waals surface area contributed by atoms with Gasteiger partial charge in [0.05, 0.1) is 13.2 Å². The van der Waals surface area contributed by atoms with E-state index in [0.29, 0.717) is 6.61 Å². The van der Waals surface area contributed by atoms with Crippen molar-refractivity contribution in [2.75, 3.05) is 19.7 Å². The van der Waals surface area contributed by atoms with Crippen LogP contribution in [0.15, 0.2) is 24.3 Å². The third-order valence-electron chi connectivity index (χ3n) is 5.52. The predicted molar refractivity (Wildman–Crippen MR) is 79.0 cm³/mol. The fraction of sp³-hybridized carbons (Fsp3) is 0.529.